The van der Waals surface area contributed by atoms with Crippen LogP contribution < -0.4 is 4.80 Å². The largest absolute Gasteiger partial charge is 0.319 e. The Morgan fingerprint density at radius 1 is 1.22 bits per heavy atom. The van der Waals surface area contributed by atoms with Crippen molar-refractivity contribution in [2.45, 2.75) is 24.7 Å². The highest BCUT2D eigenvalue weighted by Gasteiger charge is 2.28. The highest BCUT2D eigenvalue weighted by Crippen LogP contribution is 2.24. The molecule has 3 aromatic rings. The number of nitro groups is 1. The lowest BCUT2D eigenvalue weighted by Gasteiger charge is -2.30. The molecule has 9 nitrogen and oxygen atoms in total. The molecule has 32 heavy (non-hydrogen) atoms. The van der Waals surface area contributed by atoms with Gasteiger partial charge >= 0.3 is 0 Å². The number of aryl methyl sites for hydroxylation is 1. The Morgan fingerprint density at radius 2 is 1.94 bits per heavy atom. The zero-order chi connectivity index (χ0) is 23.0. The van der Waals surface area contributed by atoms with Crippen LogP contribution in [-0.4, -0.2) is 41.2 Å². The lowest BCUT2D eigenvalue weighted by Crippen LogP contribution is -2.39. The van der Waals surface area contributed by atoms with Gasteiger partial charge in [0.2, 0.25) is 10.0 Å². The lowest BCUT2D eigenvalue weighted by molar-refractivity contribution is -0.384. The summed E-state index contributed by atoms with van der Waals surface area (Å²) in [7, 11) is -1.87. The van der Waals surface area contributed by atoms with Crippen molar-refractivity contribution in [3.05, 3.63) is 62.9 Å². The smallest absolute Gasteiger partial charge is 0.279 e. The molecule has 0 saturated carbocycles. The van der Waals surface area contributed by atoms with E-state index < -0.39 is 20.9 Å². The molecule has 11 heteroatoms. The Bertz CT molecular complexity index is 1370. The van der Waals surface area contributed by atoms with Crippen LogP contribution in [0.4, 0.5) is 5.69 Å². The number of hydrogen-bond donors (Lipinski definition) is 0. The molecular formula is C21H22N4O5S2. The van der Waals surface area contributed by atoms with Gasteiger partial charge in [0.25, 0.3) is 11.6 Å². The average Bonchev–Trinajstić information content (AvgIpc) is 3.08. The number of amides is 1. The number of sulfonamides is 1. The monoisotopic (exact) mass is 474 g/mol. The Labute approximate surface area is 188 Å². The molecule has 2 heterocycles. The van der Waals surface area contributed by atoms with Gasteiger partial charge in [-0.2, -0.15) is 9.30 Å². The molecule has 0 bridgehead atoms. The molecule has 1 atom stereocenters. The summed E-state index contributed by atoms with van der Waals surface area (Å²) < 4.78 is 29.6. The van der Waals surface area contributed by atoms with Crippen molar-refractivity contribution < 1.29 is 18.1 Å². The molecule has 168 valence electrons. The van der Waals surface area contributed by atoms with Crippen LogP contribution in [0.15, 0.2) is 52.4 Å². The van der Waals surface area contributed by atoms with Gasteiger partial charge in [-0.3, -0.25) is 14.9 Å². The molecule has 0 aliphatic carbocycles. The Balaban J connectivity index is 1.61. The number of non-ortho nitro benzene ring substituents is 1. The first-order valence-electron chi connectivity index (χ1n) is 10.1. The molecule has 2 aromatic carbocycles. The number of carbonyl (C=O) groups excluding carboxylic acids is 1. The van der Waals surface area contributed by atoms with E-state index >= 15 is 0 Å². The number of nitro benzene ring substituents is 1. The van der Waals surface area contributed by atoms with E-state index in [9.17, 15) is 23.3 Å². The molecule has 1 saturated heterocycles. The van der Waals surface area contributed by atoms with E-state index in [-0.39, 0.29) is 16.1 Å². The summed E-state index contributed by atoms with van der Waals surface area (Å²) in [6.45, 7) is 3.04. The van der Waals surface area contributed by atoms with E-state index in [0.29, 0.717) is 28.5 Å². The van der Waals surface area contributed by atoms with E-state index in [2.05, 4.69) is 4.99 Å². The third-order valence-corrected chi connectivity index (χ3v) is 8.53. The first kappa shape index (κ1) is 22.3. The summed E-state index contributed by atoms with van der Waals surface area (Å²) in [5.41, 5.74) is 0.959. The predicted octanol–water partition coefficient (Wildman–Crippen LogP) is 3.31. The first-order valence-corrected chi connectivity index (χ1v) is 12.4. The number of benzene rings is 2. The normalized spacial score (nSPS) is 18.2. The first-order chi connectivity index (χ1) is 15.2. The molecule has 0 N–H and O–H groups in total. The van der Waals surface area contributed by atoms with Crippen molar-refractivity contribution in [1.29, 1.82) is 0 Å². The summed E-state index contributed by atoms with van der Waals surface area (Å²) in [6.07, 6.45) is 1.86. The van der Waals surface area contributed by atoms with E-state index in [1.54, 1.807) is 17.7 Å². The number of rotatable bonds is 4. The van der Waals surface area contributed by atoms with Gasteiger partial charge in [0.1, 0.15) is 0 Å². The Kier molecular flexibility index (Phi) is 5.97. The summed E-state index contributed by atoms with van der Waals surface area (Å²) in [6, 6.07) is 10.3. The molecule has 1 aromatic heterocycles. The second-order valence-corrected chi connectivity index (χ2v) is 10.9. The summed E-state index contributed by atoms with van der Waals surface area (Å²) >= 11 is 1.17. The standard InChI is InChI=1S/C21H22N4O5S2/c1-14-4-3-11-24(13-14)32(29,30)17-8-5-15(6-9-17)20(26)22-21-23(2)18-10-7-16(25(27)28)12-19(18)31-21/h5-10,12,14H,3-4,11,13H2,1-2H3. The minimum Gasteiger partial charge on any atom is -0.319 e. The highest BCUT2D eigenvalue weighted by molar-refractivity contribution is 7.89. The van der Waals surface area contributed by atoms with Gasteiger partial charge in [0, 0.05) is 37.8 Å². The molecule has 1 unspecified atom stereocenters. The molecule has 1 amide bonds. The third kappa shape index (κ3) is 4.23. The zero-order valence-corrected chi connectivity index (χ0v) is 19.2. The number of aromatic nitrogens is 1. The van der Waals surface area contributed by atoms with Crippen LogP contribution in [-0.2, 0) is 17.1 Å². The van der Waals surface area contributed by atoms with Crippen LogP contribution in [0.3, 0.4) is 0 Å². The second kappa shape index (κ2) is 8.57. The van der Waals surface area contributed by atoms with Crippen LogP contribution in [0, 0.1) is 16.0 Å². The summed E-state index contributed by atoms with van der Waals surface area (Å²) in [4.78, 5) is 27.9. The zero-order valence-electron chi connectivity index (χ0n) is 17.6. The number of hydrogen-bond acceptors (Lipinski definition) is 6. The Morgan fingerprint density at radius 3 is 2.59 bits per heavy atom. The van der Waals surface area contributed by atoms with E-state index in [4.69, 9.17) is 0 Å². The van der Waals surface area contributed by atoms with E-state index in [1.165, 1.54) is 52.0 Å². The topological polar surface area (TPSA) is 115 Å². The van der Waals surface area contributed by atoms with Crippen molar-refractivity contribution in [1.82, 2.24) is 8.87 Å². The van der Waals surface area contributed by atoms with Crippen LogP contribution in [0.2, 0.25) is 0 Å². The van der Waals surface area contributed by atoms with Crippen molar-refractivity contribution in [3.63, 3.8) is 0 Å². The molecule has 0 radical (unpaired) electrons. The maximum atomic E-state index is 12.9. The van der Waals surface area contributed by atoms with Crippen molar-refractivity contribution in [3.8, 4) is 0 Å². The van der Waals surface area contributed by atoms with Gasteiger partial charge in [-0.1, -0.05) is 18.3 Å². The molecule has 1 aliphatic rings. The van der Waals surface area contributed by atoms with E-state index in [0.717, 1.165) is 18.4 Å². The number of piperidine rings is 1. The number of thiazole rings is 1. The minimum atomic E-state index is -3.60. The van der Waals surface area contributed by atoms with Gasteiger partial charge in [-0.05, 0) is 49.1 Å². The van der Waals surface area contributed by atoms with Gasteiger partial charge in [0.15, 0.2) is 4.80 Å². The van der Waals surface area contributed by atoms with Gasteiger partial charge in [0.05, 0.1) is 20.0 Å². The van der Waals surface area contributed by atoms with Crippen molar-refractivity contribution in [2.75, 3.05) is 13.1 Å². The SMILES string of the molecule is CC1CCCN(S(=O)(=O)c2ccc(C(=O)N=c3sc4cc([N+](=O)[O-])ccc4n3C)cc2)C1. The fourth-order valence-electron chi connectivity index (χ4n) is 3.78. The molecule has 0 spiro atoms. The Hall–Kier alpha value is -2.89. The quantitative estimate of drug-likeness (QED) is 0.425. The van der Waals surface area contributed by atoms with Crippen LogP contribution >= 0.6 is 11.3 Å². The van der Waals surface area contributed by atoms with Crippen LogP contribution in [0.25, 0.3) is 10.2 Å². The number of fused-ring (bicyclic) bond motifs is 1. The predicted molar refractivity (Wildman–Crippen MR) is 121 cm³/mol. The molecular weight excluding hydrogens is 452 g/mol. The summed E-state index contributed by atoms with van der Waals surface area (Å²) in [5, 5.41) is 11.0. The molecule has 4 rings (SSSR count). The maximum Gasteiger partial charge on any atom is 0.279 e. The fraction of sp³-hybridized carbons (Fsp3) is 0.333. The van der Waals surface area contributed by atoms with Gasteiger partial charge < -0.3 is 4.57 Å². The second-order valence-electron chi connectivity index (χ2n) is 7.90. The summed E-state index contributed by atoms with van der Waals surface area (Å²) in [5.74, 6) is -0.196. The molecule has 1 fully saturated rings. The maximum absolute atomic E-state index is 12.9. The number of nitrogens with zero attached hydrogens (tertiary/aromatic N) is 4. The van der Waals surface area contributed by atoms with Crippen molar-refractivity contribution >= 4 is 43.2 Å². The fourth-order valence-corrected chi connectivity index (χ4v) is 6.43. The average molecular weight is 475 g/mol. The van der Waals surface area contributed by atoms with E-state index in [1.807, 2.05) is 6.92 Å². The van der Waals surface area contributed by atoms with Crippen LogP contribution in [0.1, 0.15) is 30.1 Å². The number of carbonyl (C=O) groups is 1. The van der Waals surface area contributed by atoms with Gasteiger partial charge in [-0.15, -0.1) is 0 Å². The lowest BCUT2D eigenvalue weighted by atomic mass is 10.0. The van der Waals surface area contributed by atoms with Gasteiger partial charge in [-0.25, -0.2) is 8.42 Å². The highest BCUT2D eigenvalue weighted by atomic mass is 32.2. The third-order valence-electron chi connectivity index (χ3n) is 5.56. The molecule has 1 aliphatic heterocycles. The minimum absolute atomic E-state index is 0.0304. The van der Waals surface area contributed by atoms with Crippen LogP contribution in [0.5, 0.6) is 0 Å². The van der Waals surface area contributed by atoms with Crippen molar-refractivity contribution in [2.24, 2.45) is 18.0 Å².